The van der Waals surface area contributed by atoms with Crippen LogP contribution in [0.5, 0.6) is 0 Å². The summed E-state index contributed by atoms with van der Waals surface area (Å²) in [6.45, 7) is 5.55. The molecule has 1 aliphatic rings. The number of alkyl halides is 1. The van der Waals surface area contributed by atoms with Gasteiger partial charge in [0.1, 0.15) is 4.21 Å². The standard InChI is InChI=1S/C13H20ClNO2S3/c1-13(2)6-8-15(9-10-18-13)20(16,17)12-4-3-11(19-12)5-7-14/h3-4H,5-10H2,1-2H3. The van der Waals surface area contributed by atoms with Gasteiger partial charge in [-0.2, -0.15) is 16.1 Å². The molecule has 0 radical (unpaired) electrons. The molecule has 0 aromatic carbocycles. The predicted molar refractivity (Wildman–Crippen MR) is 88.7 cm³/mol. The first kappa shape index (κ1) is 16.6. The summed E-state index contributed by atoms with van der Waals surface area (Å²) in [5.74, 6) is 1.38. The number of sulfonamides is 1. The number of hydrogen-bond acceptors (Lipinski definition) is 4. The number of thioether (sulfide) groups is 1. The molecule has 0 N–H and O–H groups in total. The van der Waals surface area contributed by atoms with Crippen molar-refractivity contribution < 1.29 is 8.42 Å². The fourth-order valence-corrected chi connectivity index (χ4v) is 6.58. The van der Waals surface area contributed by atoms with Crippen LogP contribution in [0.2, 0.25) is 0 Å². The summed E-state index contributed by atoms with van der Waals surface area (Å²) in [4.78, 5) is 1.03. The van der Waals surface area contributed by atoms with Crippen molar-refractivity contribution >= 4 is 44.7 Å². The molecule has 20 heavy (non-hydrogen) atoms. The highest BCUT2D eigenvalue weighted by molar-refractivity contribution is 8.00. The van der Waals surface area contributed by atoms with Crippen molar-refractivity contribution in [3.63, 3.8) is 0 Å². The Kier molecular flexibility index (Phi) is 5.46. The lowest BCUT2D eigenvalue weighted by atomic mass is 10.1. The Morgan fingerprint density at radius 3 is 2.80 bits per heavy atom. The van der Waals surface area contributed by atoms with E-state index in [2.05, 4.69) is 13.8 Å². The number of thiophene rings is 1. The second-order valence-electron chi connectivity index (χ2n) is 5.42. The van der Waals surface area contributed by atoms with Crippen molar-refractivity contribution in [2.75, 3.05) is 24.7 Å². The van der Waals surface area contributed by atoms with E-state index in [1.807, 2.05) is 17.8 Å². The van der Waals surface area contributed by atoms with Crippen LogP contribution in [0.15, 0.2) is 16.3 Å². The van der Waals surface area contributed by atoms with Gasteiger partial charge in [-0.05, 0) is 25.0 Å². The van der Waals surface area contributed by atoms with Gasteiger partial charge >= 0.3 is 0 Å². The highest BCUT2D eigenvalue weighted by Gasteiger charge is 2.31. The largest absolute Gasteiger partial charge is 0.252 e. The molecular weight excluding hydrogens is 334 g/mol. The second kappa shape index (κ2) is 6.57. The van der Waals surface area contributed by atoms with Crippen LogP contribution >= 0.6 is 34.7 Å². The molecule has 1 aromatic heterocycles. The maximum atomic E-state index is 12.7. The molecule has 7 heteroatoms. The van der Waals surface area contributed by atoms with Crippen LogP contribution in [0.1, 0.15) is 25.1 Å². The van der Waals surface area contributed by atoms with Crippen LogP contribution in [-0.4, -0.2) is 42.2 Å². The Hall–Kier alpha value is 0.250. The maximum Gasteiger partial charge on any atom is 0.252 e. The lowest BCUT2D eigenvalue weighted by Crippen LogP contribution is -2.33. The van der Waals surface area contributed by atoms with Crippen LogP contribution < -0.4 is 0 Å². The summed E-state index contributed by atoms with van der Waals surface area (Å²) in [5.41, 5.74) is 0. The fraction of sp³-hybridized carbons (Fsp3) is 0.692. The van der Waals surface area contributed by atoms with E-state index in [1.54, 1.807) is 10.4 Å². The smallest absolute Gasteiger partial charge is 0.206 e. The van der Waals surface area contributed by atoms with Crippen molar-refractivity contribution in [2.45, 2.75) is 35.6 Å². The number of halogens is 1. The zero-order valence-corrected chi connectivity index (χ0v) is 15.0. The van der Waals surface area contributed by atoms with E-state index in [0.29, 0.717) is 23.2 Å². The van der Waals surface area contributed by atoms with Gasteiger partial charge < -0.3 is 0 Å². The summed E-state index contributed by atoms with van der Waals surface area (Å²) in [7, 11) is -3.34. The Labute approximate surface area is 134 Å². The minimum atomic E-state index is -3.34. The van der Waals surface area contributed by atoms with Gasteiger partial charge in [0.05, 0.1) is 0 Å². The lowest BCUT2D eigenvalue weighted by molar-refractivity contribution is 0.416. The van der Waals surface area contributed by atoms with Gasteiger partial charge in [-0.3, -0.25) is 0 Å². The minimum Gasteiger partial charge on any atom is -0.206 e. The molecule has 0 spiro atoms. The fourth-order valence-electron chi connectivity index (χ4n) is 2.09. The average Bonchev–Trinajstić information content (AvgIpc) is 2.75. The van der Waals surface area contributed by atoms with Crippen LogP contribution in [-0.2, 0) is 16.4 Å². The van der Waals surface area contributed by atoms with Crippen LogP contribution in [0.4, 0.5) is 0 Å². The first-order chi connectivity index (χ1) is 9.35. The van der Waals surface area contributed by atoms with Gasteiger partial charge in [0.25, 0.3) is 10.0 Å². The Balaban J connectivity index is 2.16. The molecule has 1 saturated heterocycles. The van der Waals surface area contributed by atoms with Crippen molar-refractivity contribution in [3.8, 4) is 0 Å². The van der Waals surface area contributed by atoms with Crippen molar-refractivity contribution in [3.05, 3.63) is 17.0 Å². The molecular formula is C13H20ClNO2S3. The molecule has 1 aromatic rings. The molecule has 0 amide bonds. The number of hydrogen-bond donors (Lipinski definition) is 0. The molecule has 0 saturated carbocycles. The first-order valence-electron chi connectivity index (χ1n) is 6.64. The van der Waals surface area contributed by atoms with E-state index < -0.39 is 10.0 Å². The Morgan fingerprint density at radius 1 is 1.35 bits per heavy atom. The monoisotopic (exact) mass is 353 g/mol. The van der Waals surface area contributed by atoms with E-state index >= 15 is 0 Å². The summed E-state index contributed by atoms with van der Waals surface area (Å²) < 4.78 is 27.6. The number of aryl methyl sites for hydroxylation is 1. The van der Waals surface area contributed by atoms with E-state index in [0.717, 1.165) is 23.5 Å². The topological polar surface area (TPSA) is 37.4 Å². The number of rotatable bonds is 4. The minimum absolute atomic E-state index is 0.156. The molecule has 0 unspecified atom stereocenters. The number of nitrogens with zero attached hydrogens (tertiary/aromatic N) is 1. The normalized spacial score (nSPS) is 20.8. The molecule has 1 fully saturated rings. The third-order valence-electron chi connectivity index (χ3n) is 3.37. The molecule has 114 valence electrons. The van der Waals surface area contributed by atoms with Crippen molar-refractivity contribution in [1.29, 1.82) is 0 Å². The predicted octanol–water partition coefficient (Wildman–Crippen LogP) is 3.44. The molecule has 0 bridgehead atoms. The zero-order chi connectivity index (χ0) is 14.8. The SMILES string of the molecule is CC1(C)CCN(S(=O)(=O)c2ccc(CCCl)s2)CCS1. The van der Waals surface area contributed by atoms with Crippen molar-refractivity contribution in [1.82, 2.24) is 4.31 Å². The quantitative estimate of drug-likeness (QED) is 0.778. The van der Waals surface area contributed by atoms with E-state index in [-0.39, 0.29) is 4.75 Å². The summed E-state index contributed by atoms with van der Waals surface area (Å²) >= 11 is 8.90. The van der Waals surface area contributed by atoms with Gasteiger partial charge in [0.15, 0.2) is 0 Å². The average molecular weight is 354 g/mol. The van der Waals surface area contributed by atoms with E-state index in [9.17, 15) is 8.42 Å². The van der Waals surface area contributed by atoms with E-state index in [1.165, 1.54) is 11.3 Å². The van der Waals surface area contributed by atoms with Gasteiger partial charge in [-0.1, -0.05) is 13.8 Å². The lowest BCUT2D eigenvalue weighted by Gasteiger charge is -2.22. The van der Waals surface area contributed by atoms with Crippen LogP contribution in [0, 0.1) is 0 Å². The highest BCUT2D eigenvalue weighted by atomic mass is 35.5. The molecule has 2 rings (SSSR count). The van der Waals surface area contributed by atoms with Gasteiger partial charge in [0, 0.05) is 34.3 Å². The molecule has 0 atom stereocenters. The van der Waals surface area contributed by atoms with Crippen LogP contribution in [0.3, 0.4) is 0 Å². The maximum absolute atomic E-state index is 12.7. The van der Waals surface area contributed by atoms with Crippen molar-refractivity contribution in [2.24, 2.45) is 0 Å². The molecule has 3 nitrogen and oxygen atoms in total. The third kappa shape index (κ3) is 3.91. The van der Waals surface area contributed by atoms with Crippen LogP contribution in [0.25, 0.3) is 0 Å². The second-order valence-corrected chi connectivity index (χ2v) is 10.9. The van der Waals surface area contributed by atoms with Gasteiger partial charge in [-0.25, -0.2) is 8.42 Å². The highest BCUT2D eigenvalue weighted by Crippen LogP contribution is 2.33. The zero-order valence-electron chi connectivity index (χ0n) is 11.8. The Bertz CT molecular complexity index is 554. The molecule has 2 heterocycles. The molecule has 1 aliphatic heterocycles. The molecule has 0 aliphatic carbocycles. The van der Waals surface area contributed by atoms with E-state index in [4.69, 9.17) is 11.6 Å². The van der Waals surface area contributed by atoms with Gasteiger partial charge in [-0.15, -0.1) is 22.9 Å². The van der Waals surface area contributed by atoms with Gasteiger partial charge in [0.2, 0.25) is 0 Å². The summed E-state index contributed by atoms with van der Waals surface area (Å²) in [6.07, 6.45) is 1.61. The first-order valence-corrected chi connectivity index (χ1v) is 10.4. The summed E-state index contributed by atoms with van der Waals surface area (Å²) in [6, 6.07) is 3.58. The Morgan fingerprint density at radius 2 is 2.10 bits per heavy atom. The third-order valence-corrected chi connectivity index (χ3v) is 8.44. The summed E-state index contributed by atoms with van der Waals surface area (Å²) in [5, 5.41) is 0.